The Hall–Kier alpha value is -2.32. The molecule has 1 aromatic heterocycles. The summed E-state index contributed by atoms with van der Waals surface area (Å²) in [6.45, 7) is 2.79. The lowest BCUT2D eigenvalue weighted by atomic mass is 10.1. The number of carbonyl (C=O) groups excluding carboxylic acids is 2. The van der Waals surface area contributed by atoms with Gasteiger partial charge in [0.1, 0.15) is 11.2 Å². The van der Waals surface area contributed by atoms with Gasteiger partial charge in [0.2, 0.25) is 0 Å². The van der Waals surface area contributed by atoms with E-state index in [-0.39, 0.29) is 5.69 Å². The van der Waals surface area contributed by atoms with E-state index in [9.17, 15) is 22.8 Å². The predicted molar refractivity (Wildman–Crippen MR) is 67.5 cm³/mol. The number of rotatable bonds is 3. The zero-order chi connectivity index (χ0) is 16.3. The Bertz CT molecular complexity index is 544. The van der Waals surface area contributed by atoms with Crippen LogP contribution in [0.25, 0.3) is 0 Å². The zero-order valence-electron chi connectivity index (χ0n) is 11.5. The number of aromatic nitrogens is 1. The van der Waals surface area contributed by atoms with Gasteiger partial charge in [-0.3, -0.25) is 4.98 Å². The van der Waals surface area contributed by atoms with Crippen molar-refractivity contribution in [1.29, 1.82) is 0 Å². The third kappa shape index (κ3) is 4.62. The fourth-order valence-corrected chi connectivity index (χ4v) is 1.42. The van der Waals surface area contributed by atoms with Crippen molar-refractivity contribution in [2.75, 3.05) is 12.4 Å². The number of amides is 2. The van der Waals surface area contributed by atoms with Crippen LogP contribution in [0.2, 0.25) is 0 Å². The van der Waals surface area contributed by atoms with E-state index in [1.807, 2.05) is 0 Å². The number of urea groups is 1. The largest absolute Gasteiger partial charge is 0.467 e. The first kappa shape index (κ1) is 16.7. The standard InChI is InChI=1S/C12H14F3N3O3/c1-11(2,9(19)21-3)18-10(20)17-7-4-5-16-8(6-7)12(13,14)15/h4-6H,1-3H3,(H2,16,17,18,20). The van der Waals surface area contributed by atoms with Crippen molar-refractivity contribution in [2.24, 2.45) is 0 Å². The van der Waals surface area contributed by atoms with Gasteiger partial charge in [-0.25, -0.2) is 9.59 Å². The number of pyridine rings is 1. The van der Waals surface area contributed by atoms with Gasteiger partial charge in [0, 0.05) is 11.9 Å². The monoisotopic (exact) mass is 305 g/mol. The molecule has 2 N–H and O–H groups in total. The summed E-state index contributed by atoms with van der Waals surface area (Å²) in [5, 5.41) is 4.48. The van der Waals surface area contributed by atoms with Crippen LogP contribution >= 0.6 is 0 Å². The quantitative estimate of drug-likeness (QED) is 0.839. The molecule has 1 heterocycles. The summed E-state index contributed by atoms with van der Waals surface area (Å²) in [6, 6.07) is 1.04. The van der Waals surface area contributed by atoms with E-state index in [1.54, 1.807) is 0 Å². The number of nitrogens with zero attached hydrogens (tertiary/aromatic N) is 1. The van der Waals surface area contributed by atoms with Crippen LogP contribution in [0.4, 0.5) is 23.7 Å². The van der Waals surface area contributed by atoms with Gasteiger partial charge in [0.25, 0.3) is 0 Å². The van der Waals surface area contributed by atoms with Gasteiger partial charge in [-0.05, 0) is 26.0 Å². The van der Waals surface area contributed by atoms with Crippen LogP contribution in [0.5, 0.6) is 0 Å². The molecule has 0 spiro atoms. The number of esters is 1. The second kappa shape index (κ2) is 5.98. The molecule has 0 aliphatic heterocycles. The fraction of sp³-hybridized carbons (Fsp3) is 0.417. The average Bonchev–Trinajstić information content (AvgIpc) is 2.36. The van der Waals surface area contributed by atoms with Gasteiger partial charge < -0.3 is 15.4 Å². The second-order valence-electron chi connectivity index (χ2n) is 4.62. The van der Waals surface area contributed by atoms with Crippen molar-refractivity contribution < 1.29 is 27.5 Å². The van der Waals surface area contributed by atoms with Crippen LogP contribution < -0.4 is 10.6 Å². The first-order valence-electron chi connectivity index (χ1n) is 5.77. The molecule has 9 heteroatoms. The number of ether oxygens (including phenoxy) is 1. The third-order valence-corrected chi connectivity index (χ3v) is 2.43. The molecule has 0 fully saturated rings. The van der Waals surface area contributed by atoms with Crippen LogP contribution in [0.3, 0.4) is 0 Å². The third-order valence-electron chi connectivity index (χ3n) is 2.43. The van der Waals surface area contributed by atoms with Crippen LogP contribution in [0.15, 0.2) is 18.3 Å². The Morgan fingerprint density at radius 2 is 1.90 bits per heavy atom. The Morgan fingerprint density at radius 1 is 1.29 bits per heavy atom. The number of carbonyl (C=O) groups is 2. The highest BCUT2D eigenvalue weighted by Crippen LogP contribution is 2.28. The van der Waals surface area contributed by atoms with E-state index >= 15 is 0 Å². The van der Waals surface area contributed by atoms with E-state index in [4.69, 9.17) is 0 Å². The average molecular weight is 305 g/mol. The zero-order valence-corrected chi connectivity index (χ0v) is 11.5. The highest BCUT2D eigenvalue weighted by Gasteiger charge is 2.33. The molecule has 6 nitrogen and oxygen atoms in total. The van der Waals surface area contributed by atoms with Crippen molar-refractivity contribution in [3.05, 3.63) is 24.0 Å². The molecular formula is C12H14F3N3O3. The maximum atomic E-state index is 12.5. The normalized spacial score (nSPS) is 11.7. The van der Waals surface area contributed by atoms with Crippen molar-refractivity contribution in [3.63, 3.8) is 0 Å². The van der Waals surface area contributed by atoms with E-state index in [0.29, 0.717) is 6.07 Å². The SMILES string of the molecule is COC(=O)C(C)(C)NC(=O)Nc1ccnc(C(F)(F)F)c1. The Balaban J connectivity index is 2.78. The number of halogens is 3. The van der Waals surface area contributed by atoms with Crippen molar-refractivity contribution in [3.8, 4) is 0 Å². The minimum atomic E-state index is -4.61. The van der Waals surface area contributed by atoms with E-state index < -0.39 is 29.4 Å². The molecule has 2 amide bonds. The van der Waals surface area contributed by atoms with Crippen molar-refractivity contribution >= 4 is 17.7 Å². The lowest BCUT2D eigenvalue weighted by Crippen LogP contribution is -2.51. The number of nitrogens with one attached hydrogen (secondary N) is 2. The van der Waals surface area contributed by atoms with Crippen molar-refractivity contribution in [1.82, 2.24) is 10.3 Å². The number of hydrogen-bond acceptors (Lipinski definition) is 4. The van der Waals surface area contributed by atoms with Crippen LogP contribution in [-0.4, -0.2) is 29.6 Å². The molecular weight excluding hydrogens is 291 g/mol. The predicted octanol–water partition coefficient (Wildman–Crippen LogP) is 2.17. The van der Waals surface area contributed by atoms with Crippen LogP contribution in [-0.2, 0) is 15.7 Å². The second-order valence-corrected chi connectivity index (χ2v) is 4.62. The molecule has 0 aliphatic rings. The number of hydrogen-bond donors (Lipinski definition) is 2. The van der Waals surface area contributed by atoms with Crippen LogP contribution in [0, 0.1) is 0 Å². The summed E-state index contributed by atoms with van der Waals surface area (Å²) >= 11 is 0. The molecule has 0 bridgehead atoms. The van der Waals surface area contributed by atoms with Gasteiger partial charge in [-0.2, -0.15) is 13.2 Å². The molecule has 0 atom stereocenters. The van der Waals surface area contributed by atoms with E-state index in [1.165, 1.54) is 19.9 Å². The molecule has 21 heavy (non-hydrogen) atoms. The number of methoxy groups -OCH3 is 1. The van der Waals surface area contributed by atoms with Gasteiger partial charge in [-0.1, -0.05) is 0 Å². The molecule has 0 saturated carbocycles. The molecule has 0 aromatic carbocycles. The summed E-state index contributed by atoms with van der Waals surface area (Å²) in [6.07, 6.45) is -3.69. The highest BCUT2D eigenvalue weighted by molar-refractivity contribution is 5.93. The minimum absolute atomic E-state index is 0.101. The summed E-state index contributed by atoms with van der Waals surface area (Å²) in [5.74, 6) is -0.691. The van der Waals surface area contributed by atoms with Gasteiger partial charge in [0.05, 0.1) is 7.11 Å². The maximum absolute atomic E-state index is 12.5. The summed E-state index contributed by atoms with van der Waals surface area (Å²) in [4.78, 5) is 26.2. The molecule has 116 valence electrons. The van der Waals surface area contributed by atoms with E-state index in [0.717, 1.165) is 13.3 Å². The fourth-order valence-electron chi connectivity index (χ4n) is 1.42. The first-order valence-corrected chi connectivity index (χ1v) is 5.77. The Labute approximate surface area is 118 Å². The molecule has 0 unspecified atom stereocenters. The molecule has 0 aliphatic carbocycles. The number of alkyl halides is 3. The summed E-state index contributed by atoms with van der Waals surface area (Å²) in [7, 11) is 1.15. The molecule has 1 aromatic rings. The molecule has 0 saturated heterocycles. The molecule has 1 rings (SSSR count). The molecule has 0 radical (unpaired) electrons. The topological polar surface area (TPSA) is 80.3 Å². The van der Waals surface area contributed by atoms with Crippen LogP contribution in [0.1, 0.15) is 19.5 Å². The first-order chi connectivity index (χ1) is 9.56. The Kier molecular flexibility index (Phi) is 4.77. The van der Waals surface area contributed by atoms with E-state index in [2.05, 4.69) is 20.4 Å². The lowest BCUT2D eigenvalue weighted by molar-refractivity contribution is -0.146. The van der Waals surface area contributed by atoms with Gasteiger partial charge in [-0.15, -0.1) is 0 Å². The lowest BCUT2D eigenvalue weighted by Gasteiger charge is -2.23. The maximum Gasteiger partial charge on any atom is 0.433 e. The summed E-state index contributed by atoms with van der Waals surface area (Å²) in [5.41, 5.74) is -2.55. The summed E-state index contributed by atoms with van der Waals surface area (Å²) < 4.78 is 41.9. The van der Waals surface area contributed by atoms with Crippen molar-refractivity contribution in [2.45, 2.75) is 25.6 Å². The number of anilines is 1. The van der Waals surface area contributed by atoms with Gasteiger partial charge >= 0.3 is 18.2 Å². The minimum Gasteiger partial charge on any atom is -0.467 e. The smallest absolute Gasteiger partial charge is 0.433 e. The Morgan fingerprint density at radius 3 is 2.43 bits per heavy atom. The highest BCUT2D eigenvalue weighted by atomic mass is 19.4. The van der Waals surface area contributed by atoms with Gasteiger partial charge in [0.15, 0.2) is 0 Å².